The lowest BCUT2D eigenvalue weighted by molar-refractivity contribution is -1.01. The van der Waals surface area contributed by atoms with E-state index < -0.39 is 0 Å². The van der Waals surface area contributed by atoms with Crippen LogP contribution in [0.25, 0.3) is 0 Å². The highest BCUT2D eigenvalue weighted by atomic mass is 16.3. The van der Waals surface area contributed by atoms with Crippen molar-refractivity contribution >= 4 is 0 Å². The van der Waals surface area contributed by atoms with Crippen LogP contribution < -0.4 is 0 Å². The third-order valence-corrected chi connectivity index (χ3v) is 3.09. The molecule has 5 nitrogen and oxygen atoms in total. The number of aliphatic hydroxyl groups is 1. The normalized spacial score (nSPS) is 62.5. The predicted molar refractivity (Wildman–Crippen MR) is 42.0 cm³/mol. The first-order chi connectivity index (χ1) is 5.67. The summed E-state index contributed by atoms with van der Waals surface area (Å²) in [5.74, 6) is 0. The molecule has 12 heavy (non-hydrogen) atoms. The van der Waals surface area contributed by atoms with Crippen LogP contribution in [0.1, 0.15) is 0 Å². The fourth-order valence-electron chi connectivity index (χ4n) is 2.75. The van der Waals surface area contributed by atoms with E-state index in [2.05, 4.69) is 21.7 Å². The Morgan fingerprint density at radius 3 is 2.25 bits per heavy atom. The van der Waals surface area contributed by atoms with Gasteiger partial charge in [-0.25, -0.2) is 14.7 Å². The van der Waals surface area contributed by atoms with Gasteiger partial charge in [0.2, 0.25) is 0 Å². The highest BCUT2D eigenvalue weighted by Crippen LogP contribution is 2.30. The Kier molecular flexibility index (Phi) is 1.20. The van der Waals surface area contributed by atoms with Crippen molar-refractivity contribution in [3.8, 4) is 0 Å². The van der Waals surface area contributed by atoms with Gasteiger partial charge in [-0.3, -0.25) is 4.48 Å². The van der Waals surface area contributed by atoms with E-state index >= 15 is 0 Å². The van der Waals surface area contributed by atoms with Gasteiger partial charge >= 0.3 is 0 Å². The fraction of sp³-hybridized carbons (Fsp3) is 1.00. The molecule has 0 aromatic carbocycles. The van der Waals surface area contributed by atoms with Crippen molar-refractivity contribution in [2.45, 2.75) is 6.35 Å². The summed E-state index contributed by atoms with van der Waals surface area (Å²) < 4.78 is 0.750. The summed E-state index contributed by atoms with van der Waals surface area (Å²) in [5.41, 5.74) is 0. The topological polar surface area (TPSA) is 30.0 Å². The third-order valence-electron chi connectivity index (χ3n) is 3.09. The molecule has 4 aliphatic rings. The maximum atomic E-state index is 9.93. The minimum absolute atomic E-state index is 0.280. The Hall–Kier alpha value is -0.200. The van der Waals surface area contributed by atoms with Crippen LogP contribution in [0.15, 0.2) is 0 Å². The Morgan fingerprint density at radius 2 is 1.75 bits per heavy atom. The van der Waals surface area contributed by atoms with Crippen molar-refractivity contribution in [1.82, 2.24) is 14.7 Å². The lowest BCUT2D eigenvalue weighted by atomic mass is 10.3. The van der Waals surface area contributed by atoms with Gasteiger partial charge in [-0.05, 0) is 0 Å². The number of quaternary nitrogens is 1. The minimum Gasteiger partial charge on any atom is -0.332 e. The largest absolute Gasteiger partial charge is 0.332 e. The molecule has 4 fully saturated rings. The summed E-state index contributed by atoms with van der Waals surface area (Å²) in [6.07, 6.45) is -0.280. The zero-order valence-corrected chi connectivity index (χ0v) is 7.35. The third kappa shape index (κ3) is 0.750. The molecule has 1 N–H and O–H groups in total. The van der Waals surface area contributed by atoms with E-state index in [-0.39, 0.29) is 6.35 Å². The first kappa shape index (κ1) is 7.23. The molecule has 4 heterocycles. The highest BCUT2D eigenvalue weighted by molar-refractivity contribution is 4.74. The van der Waals surface area contributed by atoms with Gasteiger partial charge in [0.15, 0.2) is 0 Å². The first-order valence-corrected chi connectivity index (χ1v) is 4.38. The van der Waals surface area contributed by atoms with Crippen LogP contribution in [0.3, 0.4) is 0 Å². The molecule has 3 unspecified atom stereocenters. The van der Waals surface area contributed by atoms with Crippen LogP contribution >= 0.6 is 0 Å². The second-order valence-corrected chi connectivity index (χ2v) is 4.46. The molecule has 0 spiro atoms. The van der Waals surface area contributed by atoms with Crippen LogP contribution in [0.4, 0.5) is 0 Å². The molecule has 68 valence electrons. The maximum absolute atomic E-state index is 9.93. The van der Waals surface area contributed by atoms with Crippen molar-refractivity contribution < 1.29 is 9.59 Å². The fourth-order valence-corrected chi connectivity index (χ4v) is 2.75. The van der Waals surface area contributed by atoms with Crippen LogP contribution in [0, 0.1) is 0 Å². The molecule has 4 aliphatic heterocycles. The zero-order valence-electron chi connectivity index (χ0n) is 7.35. The Morgan fingerprint density at radius 1 is 1.17 bits per heavy atom. The van der Waals surface area contributed by atoms with Gasteiger partial charge in [-0.1, -0.05) is 0 Å². The van der Waals surface area contributed by atoms with E-state index in [1.54, 1.807) is 0 Å². The quantitative estimate of drug-likeness (QED) is 0.447. The smallest absolute Gasteiger partial charge is 0.257 e. The van der Waals surface area contributed by atoms with Crippen LogP contribution in [0.5, 0.6) is 0 Å². The molecular weight excluding hydrogens is 156 g/mol. The zero-order chi connectivity index (χ0) is 8.34. The molecule has 0 radical (unpaired) electrons. The highest BCUT2D eigenvalue weighted by Gasteiger charge is 2.52. The van der Waals surface area contributed by atoms with Crippen LogP contribution in [-0.4, -0.2) is 71.0 Å². The molecule has 0 aliphatic carbocycles. The average Bonchev–Trinajstić information content (AvgIpc) is 1.98. The summed E-state index contributed by atoms with van der Waals surface area (Å²) in [4.78, 5) is 6.87. The molecule has 4 bridgehead atoms. The molecule has 4 saturated heterocycles. The van der Waals surface area contributed by atoms with Crippen LogP contribution in [-0.2, 0) is 0 Å². The summed E-state index contributed by atoms with van der Waals surface area (Å²) in [6, 6.07) is 0. The molecule has 0 aromatic heterocycles. The van der Waals surface area contributed by atoms with Crippen molar-refractivity contribution in [2.24, 2.45) is 0 Å². The molecule has 5 heteroatoms. The standard InChI is InChI=1S/C7H15N4O/c1-11-5-8-2-9(6-11)4-10(3-8)7(11)12/h7,12H,2-6H2,1H3/q+1. The van der Waals surface area contributed by atoms with Gasteiger partial charge < -0.3 is 5.11 Å². The lowest BCUT2D eigenvalue weighted by Gasteiger charge is -2.61. The van der Waals surface area contributed by atoms with E-state index in [0.717, 1.165) is 37.8 Å². The van der Waals surface area contributed by atoms with Gasteiger partial charge in [0, 0.05) is 0 Å². The van der Waals surface area contributed by atoms with Gasteiger partial charge in [0.05, 0.1) is 27.1 Å². The molecule has 0 aromatic rings. The number of nitrogens with zero attached hydrogens (tertiary/aromatic N) is 4. The van der Waals surface area contributed by atoms with Gasteiger partial charge in [0.25, 0.3) is 6.35 Å². The predicted octanol–water partition coefficient (Wildman–Crippen LogP) is -1.56. The Labute approximate surface area is 72.0 Å². The summed E-state index contributed by atoms with van der Waals surface area (Å²) >= 11 is 0. The Bertz CT molecular complexity index is 207. The number of hydrogen-bond acceptors (Lipinski definition) is 4. The van der Waals surface area contributed by atoms with E-state index in [9.17, 15) is 5.11 Å². The summed E-state index contributed by atoms with van der Waals surface area (Å²) in [7, 11) is 2.12. The van der Waals surface area contributed by atoms with Crippen molar-refractivity contribution in [3.63, 3.8) is 0 Å². The van der Waals surface area contributed by atoms with Crippen LogP contribution in [0.2, 0.25) is 0 Å². The van der Waals surface area contributed by atoms with E-state index in [1.807, 2.05) is 0 Å². The molecule has 4 rings (SSSR count). The molecule has 3 atom stereocenters. The average molecular weight is 171 g/mol. The monoisotopic (exact) mass is 171 g/mol. The molecule has 0 amide bonds. The van der Waals surface area contributed by atoms with Crippen molar-refractivity contribution in [3.05, 3.63) is 0 Å². The van der Waals surface area contributed by atoms with E-state index in [4.69, 9.17) is 0 Å². The molecular formula is C7H15N4O+. The van der Waals surface area contributed by atoms with Crippen molar-refractivity contribution in [1.29, 1.82) is 0 Å². The Balaban J connectivity index is 1.97. The minimum atomic E-state index is -0.280. The van der Waals surface area contributed by atoms with Gasteiger partial charge in [-0.15, -0.1) is 0 Å². The number of aliphatic hydroxyl groups excluding tert-OH is 1. The maximum Gasteiger partial charge on any atom is 0.257 e. The second kappa shape index (κ2) is 2.00. The number of hydrogen-bond donors (Lipinski definition) is 1. The first-order valence-electron chi connectivity index (χ1n) is 4.38. The molecule has 0 saturated carbocycles. The SMILES string of the molecule is C[N+]12CN3CN(CN(C3)C1O)C2. The lowest BCUT2D eigenvalue weighted by Crippen LogP contribution is -2.82. The van der Waals surface area contributed by atoms with Gasteiger partial charge in [0.1, 0.15) is 13.3 Å². The van der Waals surface area contributed by atoms with Gasteiger partial charge in [-0.2, -0.15) is 0 Å². The summed E-state index contributed by atoms with van der Waals surface area (Å²) in [6.45, 7) is 4.94. The van der Waals surface area contributed by atoms with E-state index in [0.29, 0.717) is 0 Å². The number of rotatable bonds is 0. The second-order valence-electron chi connectivity index (χ2n) is 4.46. The summed E-state index contributed by atoms with van der Waals surface area (Å²) in [5, 5.41) is 9.93. The van der Waals surface area contributed by atoms with E-state index in [1.165, 1.54) is 0 Å². The van der Waals surface area contributed by atoms with Crippen molar-refractivity contribution in [2.75, 3.05) is 40.4 Å².